The van der Waals surface area contributed by atoms with Gasteiger partial charge in [-0.3, -0.25) is 0 Å². The summed E-state index contributed by atoms with van der Waals surface area (Å²) in [6, 6.07) is 16.9. The van der Waals surface area contributed by atoms with Crippen molar-refractivity contribution in [3.05, 3.63) is 65.8 Å². The first-order valence-corrected chi connectivity index (χ1v) is 8.36. The van der Waals surface area contributed by atoms with Gasteiger partial charge in [-0.25, -0.2) is 4.98 Å². The average Bonchev–Trinajstić information content (AvgIpc) is 2.59. The van der Waals surface area contributed by atoms with E-state index in [0.717, 1.165) is 17.1 Å². The van der Waals surface area contributed by atoms with Gasteiger partial charge in [-0.2, -0.15) is 4.98 Å². The van der Waals surface area contributed by atoms with Gasteiger partial charge in [0.2, 0.25) is 5.95 Å². The molecule has 0 fully saturated rings. The molecule has 5 nitrogen and oxygen atoms in total. The molecule has 1 aromatic heterocycles. The SMILES string of the molecule is CC(C)Oc1ccccc1Nc1nccc(Nc2ccc(Cl)cc2)n1. The zero-order valence-corrected chi connectivity index (χ0v) is 14.8. The fraction of sp³-hybridized carbons (Fsp3) is 0.158. The molecule has 128 valence electrons. The van der Waals surface area contributed by atoms with Gasteiger partial charge in [-0.1, -0.05) is 23.7 Å². The maximum absolute atomic E-state index is 5.91. The highest BCUT2D eigenvalue weighted by atomic mass is 35.5. The number of ether oxygens (including phenoxy) is 1. The van der Waals surface area contributed by atoms with Crippen LogP contribution in [-0.2, 0) is 0 Å². The first kappa shape index (κ1) is 17.0. The minimum absolute atomic E-state index is 0.0850. The van der Waals surface area contributed by atoms with E-state index in [0.29, 0.717) is 16.8 Å². The molecule has 0 atom stereocenters. The molecule has 3 aromatic rings. The maximum Gasteiger partial charge on any atom is 0.229 e. The highest BCUT2D eigenvalue weighted by molar-refractivity contribution is 6.30. The number of nitrogens with zero attached hydrogens (tertiary/aromatic N) is 2. The lowest BCUT2D eigenvalue weighted by Crippen LogP contribution is -2.08. The third-order valence-corrected chi connectivity index (χ3v) is 3.52. The summed E-state index contributed by atoms with van der Waals surface area (Å²) < 4.78 is 5.81. The topological polar surface area (TPSA) is 59.1 Å². The molecule has 0 amide bonds. The Balaban J connectivity index is 1.77. The molecule has 2 aromatic carbocycles. The Morgan fingerprint density at radius 1 is 0.960 bits per heavy atom. The van der Waals surface area contributed by atoms with Crippen LogP contribution in [0.2, 0.25) is 5.02 Å². The summed E-state index contributed by atoms with van der Waals surface area (Å²) in [4.78, 5) is 8.76. The maximum atomic E-state index is 5.91. The molecular weight excluding hydrogens is 336 g/mol. The quantitative estimate of drug-likeness (QED) is 0.620. The van der Waals surface area contributed by atoms with Crippen molar-refractivity contribution in [3.63, 3.8) is 0 Å². The van der Waals surface area contributed by atoms with Gasteiger partial charge in [-0.15, -0.1) is 0 Å². The van der Waals surface area contributed by atoms with Gasteiger partial charge in [-0.05, 0) is 56.3 Å². The molecule has 0 aliphatic carbocycles. The summed E-state index contributed by atoms with van der Waals surface area (Å²) in [5.74, 6) is 1.93. The van der Waals surface area contributed by atoms with E-state index in [1.165, 1.54) is 0 Å². The van der Waals surface area contributed by atoms with Crippen molar-refractivity contribution in [3.8, 4) is 5.75 Å². The van der Waals surface area contributed by atoms with Gasteiger partial charge in [0.05, 0.1) is 11.8 Å². The molecule has 0 unspecified atom stereocenters. The Hall–Kier alpha value is -2.79. The van der Waals surface area contributed by atoms with Crippen LogP contribution in [0.25, 0.3) is 0 Å². The number of hydrogen-bond donors (Lipinski definition) is 2. The number of rotatable bonds is 6. The van der Waals surface area contributed by atoms with Crippen LogP contribution in [0.1, 0.15) is 13.8 Å². The minimum Gasteiger partial charge on any atom is -0.489 e. The van der Waals surface area contributed by atoms with Gasteiger partial charge in [0, 0.05) is 16.9 Å². The van der Waals surface area contributed by atoms with Crippen molar-refractivity contribution < 1.29 is 4.74 Å². The lowest BCUT2D eigenvalue weighted by molar-refractivity contribution is 0.244. The van der Waals surface area contributed by atoms with Crippen molar-refractivity contribution in [2.75, 3.05) is 10.6 Å². The number of para-hydroxylation sites is 2. The van der Waals surface area contributed by atoms with E-state index >= 15 is 0 Å². The third-order valence-electron chi connectivity index (χ3n) is 3.27. The molecule has 1 heterocycles. The van der Waals surface area contributed by atoms with E-state index in [9.17, 15) is 0 Å². The van der Waals surface area contributed by atoms with E-state index in [-0.39, 0.29) is 6.10 Å². The third kappa shape index (κ3) is 4.84. The molecule has 2 N–H and O–H groups in total. The number of halogens is 1. The van der Waals surface area contributed by atoms with Gasteiger partial charge >= 0.3 is 0 Å². The lowest BCUT2D eigenvalue weighted by atomic mass is 10.3. The number of benzene rings is 2. The summed E-state index contributed by atoms with van der Waals surface area (Å²) >= 11 is 5.91. The van der Waals surface area contributed by atoms with Crippen molar-refractivity contribution in [1.29, 1.82) is 0 Å². The molecule has 0 saturated heterocycles. The van der Waals surface area contributed by atoms with Gasteiger partial charge in [0.25, 0.3) is 0 Å². The highest BCUT2D eigenvalue weighted by Crippen LogP contribution is 2.27. The predicted molar refractivity (Wildman–Crippen MR) is 102 cm³/mol. The Labute approximate surface area is 152 Å². The molecule has 0 bridgehead atoms. The van der Waals surface area contributed by atoms with Crippen LogP contribution in [0.15, 0.2) is 60.8 Å². The highest BCUT2D eigenvalue weighted by Gasteiger charge is 2.07. The molecule has 0 saturated carbocycles. The van der Waals surface area contributed by atoms with Crippen LogP contribution in [-0.4, -0.2) is 16.1 Å². The zero-order valence-electron chi connectivity index (χ0n) is 14.0. The number of aromatic nitrogens is 2. The van der Waals surface area contributed by atoms with E-state index in [2.05, 4.69) is 20.6 Å². The van der Waals surface area contributed by atoms with Gasteiger partial charge in [0.15, 0.2) is 0 Å². The minimum atomic E-state index is 0.0850. The predicted octanol–water partition coefficient (Wildman–Crippen LogP) is 5.40. The van der Waals surface area contributed by atoms with Crippen molar-refractivity contribution in [2.45, 2.75) is 20.0 Å². The number of nitrogens with one attached hydrogen (secondary N) is 2. The lowest BCUT2D eigenvalue weighted by Gasteiger charge is -2.15. The number of hydrogen-bond acceptors (Lipinski definition) is 5. The fourth-order valence-electron chi connectivity index (χ4n) is 2.22. The Bertz CT molecular complexity index is 837. The normalized spacial score (nSPS) is 10.6. The Morgan fingerprint density at radius 3 is 2.48 bits per heavy atom. The van der Waals surface area contributed by atoms with Gasteiger partial charge < -0.3 is 15.4 Å². The van der Waals surface area contributed by atoms with Gasteiger partial charge in [0.1, 0.15) is 11.6 Å². The van der Waals surface area contributed by atoms with Crippen molar-refractivity contribution >= 4 is 34.7 Å². The van der Waals surface area contributed by atoms with Crippen molar-refractivity contribution in [2.24, 2.45) is 0 Å². The van der Waals surface area contributed by atoms with E-state index in [1.807, 2.05) is 62.4 Å². The van der Waals surface area contributed by atoms with Crippen LogP contribution in [0, 0.1) is 0 Å². The molecule has 6 heteroatoms. The fourth-order valence-corrected chi connectivity index (χ4v) is 2.34. The molecule has 0 aliphatic rings. The molecule has 0 radical (unpaired) electrons. The average molecular weight is 355 g/mol. The zero-order chi connectivity index (χ0) is 17.6. The molecule has 0 spiro atoms. The van der Waals surface area contributed by atoms with Crippen LogP contribution in [0.3, 0.4) is 0 Å². The van der Waals surface area contributed by atoms with E-state index in [4.69, 9.17) is 16.3 Å². The summed E-state index contributed by atoms with van der Waals surface area (Å²) in [7, 11) is 0. The summed E-state index contributed by atoms with van der Waals surface area (Å²) in [6.45, 7) is 3.98. The molecule has 3 rings (SSSR count). The largest absolute Gasteiger partial charge is 0.489 e. The smallest absolute Gasteiger partial charge is 0.229 e. The van der Waals surface area contributed by atoms with Crippen LogP contribution < -0.4 is 15.4 Å². The number of anilines is 4. The molecule has 25 heavy (non-hydrogen) atoms. The van der Waals surface area contributed by atoms with E-state index in [1.54, 1.807) is 12.3 Å². The van der Waals surface area contributed by atoms with Crippen LogP contribution in [0.4, 0.5) is 23.1 Å². The molecular formula is C19H19ClN4O. The molecule has 0 aliphatic heterocycles. The first-order valence-electron chi connectivity index (χ1n) is 7.98. The standard InChI is InChI=1S/C19H19ClN4O/c1-13(2)25-17-6-4-3-5-16(17)23-19-21-12-11-18(24-19)22-15-9-7-14(20)8-10-15/h3-13H,1-2H3,(H2,21,22,23,24). The summed E-state index contributed by atoms with van der Waals surface area (Å²) in [5, 5.41) is 7.12. The van der Waals surface area contributed by atoms with E-state index < -0.39 is 0 Å². The summed E-state index contributed by atoms with van der Waals surface area (Å²) in [6.07, 6.45) is 1.78. The second-order valence-corrected chi connectivity index (χ2v) is 6.12. The van der Waals surface area contributed by atoms with Crippen molar-refractivity contribution in [1.82, 2.24) is 9.97 Å². The summed E-state index contributed by atoms with van der Waals surface area (Å²) in [5.41, 5.74) is 1.72. The Kier molecular flexibility index (Phi) is 5.36. The first-order chi connectivity index (χ1) is 12.1. The Morgan fingerprint density at radius 2 is 1.72 bits per heavy atom. The monoisotopic (exact) mass is 354 g/mol. The second-order valence-electron chi connectivity index (χ2n) is 5.69. The second kappa shape index (κ2) is 7.85. The van der Waals surface area contributed by atoms with Crippen LogP contribution >= 0.6 is 11.6 Å². The van der Waals surface area contributed by atoms with Crippen LogP contribution in [0.5, 0.6) is 5.75 Å².